The second kappa shape index (κ2) is 8.87. The van der Waals surface area contributed by atoms with E-state index in [2.05, 4.69) is 0 Å². The van der Waals surface area contributed by atoms with Crippen LogP contribution in [0.4, 0.5) is 13.2 Å². The minimum Gasteiger partial charge on any atom is -0.493 e. The van der Waals surface area contributed by atoms with Crippen molar-refractivity contribution in [3.8, 4) is 11.5 Å². The fraction of sp³-hybridized carbons (Fsp3) is 0.364. The number of halogens is 3. The molecule has 9 heteroatoms. The van der Waals surface area contributed by atoms with Gasteiger partial charge in [0.15, 0.2) is 11.5 Å². The molecule has 1 aliphatic heterocycles. The first kappa shape index (κ1) is 22.5. The average molecular weight is 437 g/mol. The van der Waals surface area contributed by atoms with E-state index in [-0.39, 0.29) is 36.6 Å². The van der Waals surface area contributed by atoms with Crippen LogP contribution < -0.4 is 9.47 Å². The molecule has 3 rings (SSSR count). The van der Waals surface area contributed by atoms with Crippen molar-refractivity contribution in [2.24, 2.45) is 0 Å². The van der Waals surface area contributed by atoms with Gasteiger partial charge in [-0.3, -0.25) is 4.79 Å². The fourth-order valence-corrected chi connectivity index (χ4v) is 3.94. The maximum absolute atomic E-state index is 13.2. The molecule has 0 aliphatic carbocycles. The normalized spacial score (nSPS) is 16.2. The standard InChI is InChI=1S/C22H22F3NO5/c1-29-17-11-15-14(18(19(17)30-2)20(27)31-3)9-10-26(21(28)22(23,24)25)12-16(15)13-7-5-4-6-8-13/h4-8,11,16H,9-10,12H2,1-3H3. The summed E-state index contributed by atoms with van der Waals surface area (Å²) in [5.41, 5.74) is 1.84. The fourth-order valence-electron chi connectivity index (χ4n) is 3.94. The van der Waals surface area contributed by atoms with E-state index in [0.717, 1.165) is 4.90 Å². The molecule has 1 unspecified atom stereocenters. The van der Waals surface area contributed by atoms with Gasteiger partial charge in [0.1, 0.15) is 5.56 Å². The highest BCUT2D eigenvalue weighted by Crippen LogP contribution is 2.43. The summed E-state index contributed by atoms with van der Waals surface area (Å²) in [6.45, 7) is -0.417. The van der Waals surface area contributed by atoms with Crippen molar-refractivity contribution in [2.75, 3.05) is 34.4 Å². The Morgan fingerprint density at radius 3 is 2.29 bits per heavy atom. The van der Waals surface area contributed by atoms with Crippen LogP contribution in [0.5, 0.6) is 11.5 Å². The van der Waals surface area contributed by atoms with Gasteiger partial charge in [-0.2, -0.15) is 13.2 Å². The van der Waals surface area contributed by atoms with Crippen molar-refractivity contribution >= 4 is 11.9 Å². The van der Waals surface area contributed by atoms with E-state index >= 15 is 0 Å². The lowest BCUT2D eigenvalue weighted by Gasteiger charge is -2.26. The molecule has 0 spiro atoms. The molecule has 166 valence electrons. The number of nitrogens with zero attached hydrogens (tertiary/aromatic N) is 1. The minimum absolute atomic E-state index is 0.0191. The summed E-state index contributed by atoms with van der Waals surface area (Å²) in [5, 5.41) is 0. The smallest absolute Gasteiger partial charge is 0.471 e. The Balaban J connectivity index is 2.26. The van der Waals surface area contributed by atoms with E-state index in [9.17, 15) is 22.8 Å². The lowest BCUT2D eigenvalue weighted by atomic mass is 9.85. The molecule has 6 nitrogen and oxygen atoms in total. The zero-order chi connectivity index (χ0) is 22.8. The largest absolute Gasteiger partial charge is 0.493 e. The molecule has 2 aromatic carbocycles. The third-order valence-corrected chi connectivity index (χ3v) is 5.34. The van der Waals surface area contributed by atoms with Gasteiger partial charge in [-0.15, -0.1) is 0 Å². The SMILES string of the molecule is COC(=O)c1c2c(cc(OC)c1OC)C(c1ccccc1)CN(C(=O)C(F)(F)F)CC2. The lowest BCUT2D eigenvalue weighted by Crippen LogP contribution is -2.43. The van der Waals surface area contributed by atoms with Crippen molar-refractivity contribution in [3.05, 3.63) is 58.7 Å². The number of ether oxygens (including phenoxy) is 3. The third-order valence-electron chi connectivity index (χ3n) is 5.34. The summed E-state index contributed by atoms with van der Waals surface area (Å²) in [4.78, 5) is 25.5. The molecule has 0 radical (unpaired) electrons. The molecule has 1 heterocycles. The molecule has 1 atom stereocenters. The molecule has 0 saturated heterocycles. The second-order valence-electron chi connectivity index (χ2n) is 7.01. The second-order valence-corrected chi connectivity index (χ2v) is 7.01. The Morgan fingerprint density at radius 1 is 1.06 bits per heavy atom. The van der Waals surface area contributed by atoms with Gasteiger partial charge in [0.2, 0.25) is 0 Å². The van der Waals surface area contributed by atoms with Crippen molar-refractivity contribution < 1.29 is 37.0 Å². The van der Waals surface area contributed by atoms with Crippen LogP contribution in [0.1, 0.15) is 33.0 Å². The van der Waals surface area contributed by atoms with Crippen molar-refractivity contribution in [3.63, 3.8) is 0 Å². The number of hydrogen-bond donors (Lipinski definition) is 0. The van der Waals surface area contributed by atoms with Crippen LogP contribution in [-0.2, 0) is 16.0 Å². The number of alkyl halides is 3. The lowest BCUT2D eigenvalue weighted by molar-refractivity contribution is -0.185. The number of amides is 1. The van der Waals surface area contributed by atoms with Gasteiger partial charge >= 0.3 is 18.1 Å². The van der Waals surface area contributed by atoms with E-state index in [0.29, 0.717) is 16.7 Å². The Morgan fingerprint density at radius 2 is 1.74 bits per heavy atom. The van der Waals surface area contributed by atoms with Crippen LogP contribution in [0, 0.1) is 0 Å². The van der Waals surface area contributed by atoms with E-state index in [1.165, 1.54) is 21.3 Å². The van der Waals surface area contributed by atoms with Crippen LogP contribution in [0.3, 0.4) is 0 Å². The molecule has 0 bridgehead atoms. The van der Waals surface area contributed by atoms with E-state index < -0.39 is 24.0 Å². The number of methoxy groups -OCH3 is 3. The number of rotatable bonds is 4. The van der Waals surface area contributed by atoms with Gasteiger partial charge in [-0.05, 0) is 29.2 Å². The Hall–Kier alpha value is -3.23. The first-order chi connectivity index (χ1) is 14.7. The number of esters is 1. The zero-order valence-electron chi connectivity index (χ0n) is 17.3. The summed E-state index contributed by atoms with van der Waals surface area (Å²) in [6.07, 6.45) is -4.98. The van der Waals surface area contributed by atoms with Gasteiger partial charge < -0.3 is 19.1 Å². The Kier molecular flexibility index (Phi) is 6.42. The van der Waals surface area contributed by atoms with Gasteiger partial charge in [0.05, 0.1) is 21.3 Å². The average Bonchev–Trinajstić information content (AvgIpc) is 2.96. The molecule has 0 fully saturated rings. The van der Waals surface area contributed by atoms with Crippen molar-refractivity contribution in [1.29, 1.82) is 0 Å². The van der Waals surface area contributed by atoms with Crippen LogP contribution in [0.25, 0.3) is 0 Å². The zero-order valence-corrected chi connectivity index (χ0v) is 17.3. The summed E-state index contributed by atoms with van der Waals surface area (Å²) >= 11 is 0. The summed E-state index contributed by atoms with van der Waals surface area (Å²) in [7, 11) is 3.97. The topological polar surface area (TPSA) is 65.1 Å². The molecule has 0 saturated carbocycles. The maximum Gasteiger partial charge on any atom is 0.471 e. The quantitative estimate of drug-likeness (QED) is 0.685. The van der Waals surface area contributed by atoms with Gasteiger partial charge in [-0.1, -0.05) is 30.3 Å². The molecular formula is C22H22F3NO5. The minimum atomic E-state index is -5.00. The maximum atomic E-state index is 13.2. The van der Waals surface area contributed by atoms with Crippen molar-refractivity contribution in [1.82, 2.24) is 4.90 Å². The van der Waals surface area contributed by atoms with Crippen LogP contribution >= 0.6 is 0 Å². The van der Waals surface area contributed by atoms with Crippen molar-refractivity contribution in [2.45, 2.75) is 18.5 Å². The first-order valence-corrected chi connectivity index (χ1v) is 9.50. The van der Waals surface area contributed by atoms with Gasteiger partial charge in [0.25, 0.3) is 0 Å². The predicted octanol–water partition coefficient (Wildman–Crippen LogP) is 3.57. The Labute approximate surface area is 177 Å². The summed E-state index contributed by atoms with van der Waals surface area (Å²) in [6, 6.07) is 10.5. The molecule has 0 aromatic heterocycles. The van der Waals surface area contributed by atoms with E-state index in [1.54, 1.807) is 36.4 Å². The summed E-state index contributed by atoms with van der Waals surface area (Å²) in [5.74, 6) is -2.85. The number of hydrogen-bond acceptors (Lipinski definition) is 5. The van der Waals surface area contributed by atoms with Crippen LogP contribution in [-0.4, -0.2) is 57.4 Å². The number of fused-ring (bicyclic) bond motifs is 1. The Bertz CT molecular complexity index is 975. The first-order valence-electron chi connectivity index (χ1n) is 9.50. The molecule has 0 N–H and O–H groups in total. The highest BCUT2D eigenvalue weighted by atomic mass is 19.4. The number of benzene rings is 2. The van der Waals surface area contributed by atoms with Crippen LogP contribution in [0.15, 0.2) is 36.4 Å². The summed E-state index contributed by atoms with van der Waals surface area (Å²) < 4.78 is 55.4. The molecule has 2 aromatic rings. The van der Waals surface area contributed by atoms with Gasteiger partial charge in [0, 0.05) is 19.0 Å². The van der Waals surface area contributed by atoms with E-state index in [1.807, 2.05) is 0 Å². The molecular weight excluding hydrogens is 415 g/mol. The monoisotopic (exact) mass is 437 g/mol. The van der Waals surface area contributed by atoms with E-state index in [4.69, 9.17) is 14.2 Å². The third kappa shape index (κ3) is 4.30. The molecule has 1 amide bonds. The highest BCUT2D eigenvalue weighted by molar-refractivity contribution is 5.96. The molecule has 31 heavy (non-hydrogen) atoms. The van der Waals surface area contributed by atoms with Crippen LogP contribution in [0.2, 0.25) is 0 Å². The van der Waals surface area contributed by atoms with Gasteiger partial charge in [-0.25, -0.2) is 4.79 Å². The highest BCUT2D eigenvalue weighted by Gasteiger charge is 2.44. The number of carbonyl (C=O) groups excluding carboxylic acids is 2. The predicted molar refractivity (Wildman–Crippen MR) is 106 cm³/mol. The number of carbonyl (C=O) groups is 2. The molecule has 1 aliphatic rings.